The second kappa shape index (κ2) is 6.50. The Morgan fingerprint density at radius 2 is 2.22 bits per heavy atom. The number of likely N-dealkylation sites (N-methyl/N-ethyl adjacent to an activating group) is 1. The first kappa shape index (κ1) is 13.8. The van der Waals surface area contributed by atoms with Gasteiger partial charge >= 0.3 is 0 Å². The van der Waals surface area contributed by atoms with Gasteiger partial charge in [0, 0.05) is 23.1 Å². The average molecular weight is 329 g/mol. The molecule has 0 saturated carbocycles. The van der Waals surface area contributed by atoms with E-state index in [0.717, 1.165) is 34.9 Å². The molecule has 18 heavy (non-hydrogen) atoms. The van der Waals surface area contributed by atoms with Crippen molar-refractivity contribution in [2.24, 2.45) is 0 Å². The van der Waals surface area contributed by atoms with E-state index in [-0.39, 0.29) is 0 Å². The molecule has 1 heterocycles. The topological polar surface area (TPSA) is 19.7 Å². The van der Waals surface area contributed by atoms with E-state index in [0.29, 0.717) is 0 Å². The van der Waals surface area contributed by atoms with Crippen LogP contribution in [-0.2, 0) is 0 Å². The fourth-order valence-corrected chi connectivity index (χ4v) is 2.81. The predicted octanol–water partition coefficient (Wildman–Crippen LogP) is 1.37. The summed E-state index contributed by atoms with van der Waals surface area (Å²) in [5, 5.41) is 4.15. The maximum atomic E-state index is 5.49. The maximum absolute atomic E-state index is 5.49. The van der Waals surface area contributed by atoms with E-state index in [2.05, 4.69) is 33.2 Å². The van der Waals surface area contributed by atoms with E-state index in [1.54, 1.807) is 4.90 Å². The minimum absolute atomic E-state index is 0.836. The summed E-state index contributed by atoms with van der Waals surface area (Å²) in [5.74, 6) is 0. The Morgan fingerprint density at radius 3 is 3.00 bits per heavy atom. The van der Waals surface area contributed by atoms with Gasteiger partial charge in [-0.1, -0.05) is 22.0 Å². The van der Waals surface area contributed by atoms with Crippen LogP contribution in [0.4, 0.5) is 5.69 Å². The van der Waals surface area contributed by atoms with Gasteiger partial charge in [0.05, 0.1) is 26.7 Å². The first-order valence-electron chi connectivity index (χ1n) is 6.28. The number of hydrogen-bond acceptors (Lipinski definition) is 1. The number of rotatable bonds is 1. The van der Waals surface area contributed by atoms with Crippen LogP contribution in [0.2, 0.25) is 0 Å². The van der Waals surface area contributed by atoms with Gasteiger partial charge in [-0.05, 0) is 30.4 Å². The largest absolute Gasteiger partial charge is 0.343 e. The Balaban J connectivity index is 1.95. The molecule has 0 amide bonds. The van der Waals surface area contributed by atoms with E-state index in [1.165, 1.54) is 13.0 Å². The molecule has 0 radical (unpaired) electrons. The van der Waals surface area contributed by atoms with Crippen molar-refractivity contribution in [2.45, 2.75) is 6.42 Å². The number of hydrogen-bond donors (Lipinski definition) is 2. The summed E-state index contributed by atoms with van der Waals surface area (Å²) < 4.78 is 1.07. The van der Waals surface area contributed by atoms with Crippen LogP contribution in [0.1, 0.15) is 6.42 Å². The summed E-state index contributed by atoms with van der Waals surface area (Å²) in [4.78, 5) is 3.86. The van der Waals surface area contributed by atoms with E-state index in [1.807, 2.05) is 24.3 Å². The quantitative estimate of drug-likeness (QED) is 0.760. The third-order valence-electron chi connectivity index (χ3n) is 3.20. The molecule has 1 aromatic rings. The number of nitrogens with one attached hydrogen (secondary N) is 2. The molecule has 0 aliphatic carbocycles. The Morgan fingerprint density at radius 1 is 1.39 bits per heavy atom. The molecule has 1 aliphatic rings. The lowest BCUT2D eigenvalue weighted by Crippen LogP contribution is -3.09. The highest BCUT2D eigenvalue weighted by Crippen LogP contribution is 2.16. The van der Waals surface area contributed by atoms with E-state index in [4.69, 9.17) is 12.2 Å². The summed E-state index contributed by atoms with van der Waals surface area (Å²) in [6.45, 7) is 4.47. The molecule has 3 nitrogen and oxygen atoms in total. The van der Waals surface area contributed by atoms with Crippen molar-refractivity contribution in [3.8, 4) is 0 Å². The van der Waals surface area contributed by atoms with Crippen molar-refractivity contribution in [2.75, 3.05) is 38.5 Å². The van der Waals surface area contributed by atoms with Gasteiger partial charge in [0.25, 0.3) is 0 Å². The third kappa shape index (κ3) is 3.93. The van der Waals surface area contributed by atoms with Gasteiger partial charge in [0.15, 0.2) is 5.11 Å². The van der Waals surface area contributed by atoms with Crippen molar-refractivity contribution in [1.29, 1.82) is 0 Å². The molecule has 0 bridgehead atoms. The minimum atomic E-state index is 0.836. The normalized spacial score (nSPS) is 20.3. The molecule has 1 saturated heterocycles. The van der Waals surface area contributed by atoms with Crippen LogP contribution in [0.3, 0.4) is 0 Å². The van der Waals surface area contributed by atoms with Crippen molar-refractivity contribution < 1.29 is 4.90 Å². The first-order valence-corrected chi connectivity index (χ1v) is 7.48. The maximum Gasteiger partial charge on any atom is 0.173 e. The molecule has 1 aromatic carbocycles. The molecule has 0 spiro atoms. The van der Waals surface area contributed by atoms with Crippen molar-refractivity contribution in [1.82, 2.24) is 4.90 Å². The zero-order valence-electron chi connectivity index (χ0n) is 10.6. The second-order valence-electron chi connectivity index (χ2n) is 4.74. The molecule has 1 unspecified atom stereocenters. The van der Waals surface area contributed by atoms with Gasteiger partial charge in [-0.15, -0.1) is 0 Å². The van der Waals surface area contributed by atoms with Gasteiger partial charge in [-0.3, -0.25) is 0 Å². The zero-order valence-corrected chi connectivity index (χ0v) is 13.0. The van der Waals surface area contributed by atoms with Crippen LogP contribution in [0, 0.1) is 0 Å². The van der Waals surface area contributed by atoms with Crippen molar-refractivity contribution in [3.63, 3.8) is 0 Å². The standard InChI is InChI=1S/C13H18BrN3S/c1-16-6-3-7-17(9-8-16)13(18)15-12-5-2-4-11(14)10-12/h2,4-5,10H,3,6-9H2,1H3,(H,15,18)/p+1. The second-order valence-corrected chi connectivity index (χ2v) is 6.04. The molecule has 1 atom stereocenters. The molecule has 5 heteroatoms. The van der Waals surface area contributed by atoms with Crippen molar-refractivity contribution >= 4 is 38.9 Å². The van der Waals surface area contributed by atoms with Gasteiger partial charge in [-0.2, -0.15) is 0 Å². The van der Waals surface area contributed by atoms with Gasteiger partial charge < -0.3 is 15.1 Å². The summed E-state index contributed by atoms with van der Waals surface area (Å²) in [7, 11) is 2.24. The smallest absolute Gasteiger partial charge is 0.173 e. The van der Waals surface area contributed by atoms with Crippen LogP contribution < -0.4 is 10.2 Å². The Labute approximate surface area is 122 Å². The minimum Gasteiger partial charge on any atom is -0.343 e. The lowest BCUT2D eigenvalue weighted by Gasteiger charge is -2.23. The highest BCUT2D eigenvalue weighted by atomic mass is 79.9. The number of anilines is 1. The first-order chi connectivity index (χ1) is 8.65. The third-order valence-corrected chi connectivity index (χ3v) is 4.06. The molecule has 0 aromatic heterocycles. The molecule has 2 N–H and O–H groups in total. The SMILES string of the molecule is C[NH+]1CCCN(C(=S)Nc2cccc(Br)c2)CC1. The summed E-state index contributed by atoms with van der Waals surface area (Å²) in [5.41, 5.74) is 1.04. The lowest BCUT2D eigenvalue weighted by atomic mass is 10.3. The van der Waals surface area contributed by atoms with E-state index >= 15 is 0 Å². The Kier molecular flexibility index (Phi) is 4.97. The van der Waals surface area contributed by atoms with Crippen LogP contribution in [-0.4, -0.2) is 43.2 Å². The molecule has 98 valence electrons. The molecular weight excluding hydrogens is 310 g/mol. The number of quaternary nitrogens is 1. The zero-order chi connectivity index (χ0) is 13.0. The van der Waals surface area contributed by atoms with Crippen LogP contribution in [0.5, 0.6) is 0 Å². The Bertz CT molecular complexity index is 424. The molecule has 1 aliphatic heterocycles. The van der Waals surface area contributed by atoms with Crippen LogP contribution >= 0.6 is 28.1 Å². The van der Waals surface area contributed by atoms with Crippen molar-refractivity contribution in [3.05, 3.63) is 28.7 Å². The monoisotopic (exact) mass is 328 g/mol. The van der Waals surface area contributed by atoms with Gasteiger partial charge in [0.1, 0.15) is 0 Å². The number of benzene rings is 1. The average Bonchev–Trinajstić information content (AvgIpc) is 2.54. The Hall–Kier alpha value is -0.650. The molecule has 1 fully saturated rings. The molecule has 2 rings (SSSR count). The van der Waals surface area contributed by atoms with E-state index in [9.17, 15) is 0 Å². The fourth-order valence-electron chi connectivity index (χ4n) is 2.11. The number of nitrogens with zero attached hydrogens (tertiary/aromatic N) is 1. The number of halogens is 1. The van der Waals surface area contributed by atoms with Gasteiger partial charge in [-0.25, -0.2) is 0 Å². The fraction of sp³-hybridized carbons (Fsp3) is 0.462. The summed E-state index contributed by atoms with van der Waals surface area (Å²) in [6.07, 6.45) is 1.20. The van der Waals surface area contributed by atoms with Crippen LogP contribution in [0.15, 0.2) is 28.7 Å². The predicted molar refractivity (Wildman–Crippen MR) is 83.2 cm³/mol. The highest BCUT2D eigenvalue weighted by Gasteiger charge is 2.16. The summed E-state index contributed by atoms with van der Waals surface area (Å²) >= 11 is 8.96. The van der Waals surface area contributed by atoms with Crippen LogP contribution in [0.25, 0.3) is 0 Å². The van der Waals surface area contributed by atoms with Gasteiger partial charge in [0.2, 0.25) is 0 Å². The highest BCUT2D eigenvalue weighted by molar-refractivity contribution is 9.10. The summed E-state index contributed by atoms with van der Waals surface area (Å²) in [6, 6.07) is 8.10. The number of thiocarbonyl (C=S) groups is 1. The van der Waals surface area contributed by atoms with E-state index < -0.39 is 0 Å². The lowest BCUT2D eigenvalue weighted by molar-refractivity contribution is -0.877. The molecular formula is C13H19BrN3S+.